The van der Waals surface area contributed by atoms with E-state index in [1.807, 2.05) is 19.1 Å². The van der Waals surface area contributed by atoms with Crippen LogP contribution in [0.3, 0.4) is 0 Å². The molecule has 224 valence electrons. The molecule has 0 aromatic heterocycles. The van der Waals surface area contributed by atoms with Crippen LogP contribution < -0.4 is 9.47 Å². The average molecular weight is 580 g/mol. The standard InChI is InChI=1S/C30H36F3NO7/c1-18-14-28-8-5-10-34(28)11-6-19-12-21-22(39-17-38-21)13-20(19)24(28)25(18)40-26(36)29(9-4-7-27(2,3)41-29)15-23(35)37-16-30(31,32)33/h12-14,24-25H,4-11,15-17H2,1-3H3/t24-,25?,28?,29-/m1/s1. The van der Waals surface area contributed by atoms with Crippen LogP contribution in [0.2, 0.25) is 0 Å². The van der Waals surface area contributed by atoms with Gasteiger partial charge >= 0.3 is 18.1 Å². The maximum absolute atomic E-state index is 14.1. The number of ether oxygens (including phenoxy) is 5. The third kappa shape index (κ3) is 5.09. The number of fused-ring (bicyclic) bond motifs is 3. The minimum atomic E-state index is -4.68. The number of hydrogen-bond acceptors (Lipinski definition) is 8. The van der Waals surface area contributed by atoms with Crippen molar-refractivity contribution in [2.24, 2.45) is 0 Å². The minimum absolute atomic E-state index is 0.142. The van der Waals surface area contributed by atoms with Crippen molar-refractivity contribution >= 4 is 11.9 Å². The van der Waals surface area contributed by atoms with Crippen LogP contribution >= 0.6 is 0 Å². The molecule has 5 aliphatic rings. The average Bonchev–Trinajstić information content (AvgIpc) is 3.55. The van der Waals surface area contributed by atoms with Gasteiger partial charge in [0.25, 0.3) is 0 Å². The summed E-state index contributed by atoms with van der Waals surface area (Å²) >= 11 is 0. The Hall–Kier alpha value is -2.79. The zero-order valence-electron chi connectivity index (χ0n) is 23.6. The fourth-order valence-corrected chi connectivity index (χ4v) is 7.64. The normalized spacial score (nSPS) is 31.9. The molecule has 1 spiro atoms. The number of alkyl halides is 3. The summed E-state index contributed by atoms with van der Waals surface area (Å²) in [5, 5.41) is 0. The highest BCUT2D eigenvalue weighted by Gasteiger charge is 2.58. The summed E-state index contributed by atoms with van der Waals surface area (Å²) < 4.78 is 66.7. The Kier molecular flexibility index (Phi) is 6.84. The van der Waals surface area contributed by atoms with Gasteiger partial charge in [-0.3, -0.25) is 9.69 Å². The van der Waals surface area contributed by atoms with Crippen LogP contribution in [0.1, 0.15) is 76.3 Å². The Labute approximate surface area is 237 Å². The summed E-state index contributed by atoms with van der Waals surface area (Å²) in [4.78, 5) is 29.2. The van der Waals surface area contributed by atoms with Crippen LogP contribution in [-0.2, 0) is 30.2 Å². The number of carbonyl (C=O) groups excluding carboxylic acids is 2. The summed E-state index contributed by atoms with van der Waals surface area (Å²) in [5.74, 6) is -0.778. The van der Waals surface area contributed by atoms with Gasteiger partial charge in [0.1, 0.15) is 6.10 Å². The molecule has 0 radical (unpaired) electrons. The topological polar surface area (TPSA) is 83.5 Å². The molecule has 2 fully saturated rings. The van der Waals surface area contributed by atoms with Crippen molar-refractivity contribution in [1.82, 2.24) is 4.90 Å². The van der Waals surface area contributed by atoms with E-state index < -0.39 is 48.4 Å². The van der Waals surface area contributed by atoms with Gasteiger partial charge in [-0.2, -0.15) is 13.2 Å². The van der Waals surface area contributed by atoms with E-state index in [1.54, 1.807) is 13.8 Å². The molecule has 8 nitrogen and oxygen atoms in total. The molecule has 0 amide bonds. The number of benzene rings is 1. The minimum Gasteiger partial charge on any atom is -0.456 e. The van der Waals surface area contributed by atoms with E-state index >= 15 is 0 Å². The van der Waals surface area contributed by atoms with Crippen molar-refractivity contribution in [3.05, 3.63) is 34.9 Å². The molecule has 2 saturated heterocycles. The first-order chi connectivity index (χ1) is 19.3. The zero-order valence-corrected chi connectivity index (χ0v) is 23.6. The third-order valence-corrected chi connectivity index (χ3v) is 9.25. The van der Waals surface area contributed by atoms with Crippen LogP contribution in [0.15, 0.2) is 23.8 Å². The molecule has 11 heteroatoms. The molecule has 0 saturated carbocycles. The van der Waals surface area contributed by atoms with Crippen LogP contribution in [0.25, 0.3) is 0 Å². The van der Waals surface area contributed by atoms with Crippen molar-refractivity contribution in [3.63, 3.8) is 0 Å². The lowest BCUT2D eigenvalue weighted by molar-refractivity contribution is -0.219. The van der Waals surface area contributed by atoms with Crippen LogP contribution in [-0.4, -0.2) is 72.3 Å². The Morgan fingerprint density at radius 3 is 2.56 bits per heavy atom. The summed E-state index contributed by atoms with van der Waals surface area (Å²) in [7, 11) is 0. The molecular weight excluding hydrogens is 543 g/mol. The lowest BCUT2D eigenvalue weighted by Crippen LogP contribution is -2.54. The molecule has 1 aromatic rings. The van der Waals surface area contributed by atoms with E-state index in [0.29, 0.717) is 24.3 Å². The van der Waals surface area contributed by atoms with E-state index in [0.717, 1.165) is 49.1 Å². The first-order valence-electron chi connectivity index (χ1n) is 14.3. The van der Waals surface area contributed by atoms with Crippen LogP contribution in [0.4, 0.5) is 13.2 Å². The van der Waals surface area contributed by atoms with E-state index in [2.05, 4.69) is 15.7 Å². The Morgan fingerprint density at radius 1 is 1.07 bits per heavy atom. The highest BCUT2D eigenvalue weighted by Crippen LogP contribution is 2.56. The molecule has 1 aliphatic carbocycles. The zero-order chi connectivity index (χ0) is 29.2. The van der Waals surface area contributed by atoms with Crippen molar-refractivity contribution < 1.29 is 46.4 Å². The molecule has 4 heterocycles. The first kappa shape index (κ1) is 28.3. The third-order valence-electron chi connectivity index (χ3n) is 9.25. The molecule has 2 unspecified atom stereocenters. The maximum atomic E-state index is 14.1. The highest BCUT2D eigenvalue weighted by atomic mass is 19.4. The fourth-order valence-electron chi connectivity index (χ4n) is 7.64. The second kappa shape index (κ2) is 9.90. The lowest BCUT2D eigenvalue weighted by Gasteiger charge is -2.44. The van der Waals surface area contributed by atoms with Crippen molar-refractivity contribution in [2.75, 3.05) is 26.5 Å². The smallest absolute Gasteiger partial charge is 0.422 e. The Balaban J connectivity index is 1.34. The molecule has 0 bridgehead atoms. The van der Waals surface area contributed by atoms with Gasteiger partial charge in [0.05, 0.1) is 17.6 Å². The molecule has 0 N–H and O–H groups in total. The van der Waals surface area contributed by atoms with Crippen LogP contribution in [0, 0.1) is 0 Å². The molecule has 4 atom stereocenters. The SMILES string of the molecule is CC1=CC23CCCN2CCc2cc4c(cc2[C@@H]3C1OC(=O)[C@]1(CC(=O)OCC(F)(F)F)CCCC(C)(C)O1)OCO4. The summed E-state index contributed by atoms with van der Waals surface area (Å²) in [6, 6.07) is 4.02. The number of rotatable bonds is 5. The van der Waals surface area contributed by atoms with Gasteiger partial charge in [0.15, 0.2) is 23.7 Å². The number of hydrogen-bond donors (Lipinski definition) is 0. The molecular formula is C30H36F3NO7. The number of carbonyl (C=O) groups is 2. The van der Waals surface area contributed by atoms with Gasteiger partial charge < -0.3 is 23.7 Å². The highest BCUT2D eigenvalue weighted by molar-refractivity contribution is 5.86. The number of halogens is 3. The molecule has 6 rings (SSSR count). The van der Waals surface area contributed by atoms with Gasteiger partial charge in [0.2, 0.25) is 6.79 Å². The summed E-state index contributed by atoms with van der Waals surface area (Å²) in [5.41, 5.74) is 0.160. The maximum Gasteiger partial charge on any atom is 0.422 e. The van der Waals surface area contributed by atoms with Crippen molar-refractivity contribution in [3.8, 4) is 11.5 Å². The number of esters is 2. The van der Waals surface area contributed by atoms with Gasteiger partial charge in [-0.1, -0.05) is 6.08 Å². The second-order valence-corrected chi connectivity index (χ2v) is 12.6. The summed E-state index contributed by atoms with van der Waals surface area (Å²) in [6.07, 6.45) is 0.263. The predicted molar refractivity (Wildman–Crippen MR) is 140 cm³/mol. The van der Waals surface area contributed by atoms with E-state index in [4.69, 9.17) is 18.9 Å². The van der Waals surface area contributed by atoms with Crippen LogP contribution in [0.5, 0.6) is 11.5 Å². The van der Waals surface area contributed by atoms with Gasteiger partial charge in [-0.25, -0.2) is 4.79 Å². The van der Waals surface area contributed by atoms with Gasteiger partial charge in [0, 0.05) is 12.5 Å². The Bertz CT molecular complexity index is 1280. The van der Waals surface area contributed by atoms with E-state index in [9.17, 15) is 22.8 Å². The van der Waals surface area contributed by atoms with Gasteiger partial charge in [-0.15, -0.1) is 0 Å². The molecule has 41 heavy (non-hydrogen) atoms. The fraction of sp³-hybridized carbons (Fsp3) is 0.667. The monoisotopic (exact) mass is 579 g/mol. The largest absolute Gasteiger partial charge is 0.456 e. The lowest BCUT2D eigenvalue weighted by atomic mass is 9.77. The summed E-state index contributed by atoms with van der Waals surface area (Å²) in [6.45, 7) is 5.74. The van der Waals surface area contributed by atoms with Crippen molar-refractivity contribution in [1.29, 1.82) is 0 Å². The van der Waals surface area contributed by atoms with E-state index in [1.165, 1.54) is 0 Å². The first-order valence-corrected chi connectivity index (χ1v) is 14.3. The van der Waals surface area contributed by atoms with Gasteiger partial charge in [-0.05, 0) is 94.7 Å². The quantitative estimate of drug-likeness (QED) is 0.357. The molecule has 1 aromatic carbocycles. The number of nitrogens with zero attached hydrogens (tertiary/aromatic N) is 1. The van der Waals surface area contributed by atoms with E-state index in [-0.39, 0.29) is 24.7 Å². The Morgan fingerprint density at radius 2 is 1.83 bits per heavy atom. The second-order valence-electron chi connectivity index (χ2n) is 12.6. The molecule has 4 aliphatic heterocycles. The predicted octanol–water partition coefficient (Wildman–Crippen LogP) is 4.97. The van der Waals surface area contributed by atoms with Crippen molar-refractivity contribution in [2.45, 2.75) is 101 Å².